The number of amides is 2. The summed E-state index contributed by atoms with van der Waals surface area (Å²) in [4.78, 5) is 36.3. The summed E-state index contributed by atoms with van der Waals surface area (Å²) in [5.74, 6) is -0.837. The quantitative estimate of drug-likeness (QED) is 0.586. The molecule has 0 bridgehead atoms. The van der Waals surface area contributed by atoms with Gasteiger partial charge in [0.05, 0.1) is 13.2 Å². The molecule has 6 heteroatoms. The van der Waals surface area contributed by atoms with Crippen molar-refractivity contribution >= 4 is 23.3 Å². The van der Waals surface area contributed by atoms with Crippen LogP contribution in [-0.4, -0.2) is 40.8 Å². The maximum atomic E-state index is 12.0. The molecular formula is C16H18N2O4. The molecule has 1 aromatic carbocycles. The minimum Gasteiger partial charge on any atom is -0.395 e. The predicted octanol–water partition coefficient (Wildman–Crippen LogP) is 1.33. The molecule has 2 N–H and O–H groups in total. The van der Waals surface area contributed by atoms with Gasteiger partial charge in [0.25, 0.3) is 11.8 Å². The number of carbonyl (C=O) groups excluding carboxylic acids is 3. The van der Waals surface area contributed by atoms with Crippen LogP contribution in [0.1, 0.15) is 30.1 Å². The Morgan fingerprint density at radius 3 is 2.50 bits per heavy atom. The van der Waals surface area contributed by atoms with E-state index in [1.165, 1.54) is 6.08 Å². The molecule has 0 fully saturated rings. The number of nitrogens with zero attached hydrogens (tertiary/aromatic N) is 1. The lowest BCUT2D eigenvalue weighted by atomic mass is 10.1. The molecule has 0 unspecified atom stereocenters. The molecule has 2 amide bonds. The molecule has 0 spiro atoms. The number of Topliss-reactive ketones (excluding diaryl/α,β-unsaturated/α-hetero) is 1. The minimum absolute atomic E-state index is 0.0240. The molecule has 0 aromatic heterocycles. The van der Waals surface area contributed by atoms with E-state index in [9.17, 15) is 14.4 Å². The number of carbonyl (C=O) groups is 3. The molecule has 1 heterocycles. The number of ketones is 1. The summed E-state index contributed by atoms with van der Waals surface area (Å²) in [7, 11) is 0. The fourth-order valence-corrected chi connectivity index (χ4v) is 2.18. The van der Waals surface area contributed by atoms with Crippen molar-refractivity contribution in [3.63, 3.8) is 0 Å². The van der Waals surface area contributed by atoms with Crippen LogP contribution >= 0.6 is 0 Å². The van der Waals surface area contributed by atoms with Gasteiger partial charge < -0.3 is 10.4 Å². The smallest absolute Gasteiger partial charge is 0.277 e. The normalized spacial score (nSPS) is 14.3. The Morgan fingerprint density at radius 2 is 1.91 bits per heavy atom. The van der Waals surface area contributed by atoms with Crippen molar-refractivity contribution < 1.29 is 19.5 Å². The summed E-state index contributed by atoms with van der Waals surface area (Å²) in [6.45, 7) is 1.65. The number of nitrogens with one attached hydrogen (secondary N) is 1. The van der Waals surface area contributed by atoms with E-state index in [1.54, 1.807) is 24.3 Å². The van der Waals surface area contributed by atoms with Gasteiger partial charge in [0.15, 0.2) is 5.78 Å². The summed E-state index contributed by atoms with van der Waals surface area (Å²) in [6, 6.07) is 6.76. The van der Waals surface area contributed by atoms with Crippen molar-refractivity contribution in [2.75, 3.05) is 18.5 Å². The first-order valence-electron chi connectivity index (χ1n) is 7.15. The highest BCUT2D eigenvalue weighted by Gasteiger charge is 2.30. The van der Waals surface area contributed by atoms with Crippen molar-refractivity contribution in [1.82, 2.24) is 4.90 Å². The minimum atomic E-state index is -0.467. The number of benzene rings is 1. The average Bonchev–Trinajstić information content (AvgIpc) is 2.76. The van der Waals surface area contributed by atoms with Gasteiger partial charge >= 0.3 is 0 Å². The number of β-amino-alcohol motifs (C(OH)–C–C–N with tert-alkyl or cyclic N) is 1. The summed E-state index contributed by atoms with van der Waals surface area (Å²) in [5.41, 5.74) is 1.40. The van der Waals surface area contributed by atoms with Gasteiger partial charge in [0.1, 0.15) is 5.70 Å². The van der Waals surface area contributed by atoms with Gasteiger partial charge in [-0.2, -0.15) is 0 Å². The molecule has 0 saturated carbocycles. The summed E-state index contributed by atoms with van der Waals surface area (Å²) in [5, 5.41) is 11.7. The number of hydrogen-bond donors (Lipinski definition) is 2. The van der Waals surface area contributed by atoms with Crippen LogP contribution < -0.4 is 5.32 Å². The van der Waals surface area contributed by atoms with Crippen molar-refractivity contribution in [3.8, 4) is 0 Å². The zero-order chi connectivity index (χ0) is 16.1. The second-order valence-corrected chi connectivity index (χ2v) is 4.95. The van der Waals surface area contributed by atoms with Crippen LogP contribution in [0.4, 0.5) is 5.69 Å². The molecule has 0 radical (unpaired) electrons. The highest BCUT2D eigenvalue weighted by atomic mass is 16.3. The lowest BCUT2D eigenvalue weighted by Crippen LogP contribution is -2.34. The van der Waals surface area contributed by atoms with Gasteiger partial charge in [-0.15, -0.1) is 0 Å². The topological polar surface area (TPSA) is 86.7 Å². The van der Waals surface area contributed by atoms with Crippen molar-refractivity contribution in [1.29, 1.82) is 0 Å². The van der Waals surface area contributed by atoms with Crippen LogP contribution in [-0.2, 0) is 9.59 Å². The van der Waals surface area contributed by atoms with Crippen LogP contribution in [0.3, 0.4) is 0 Å². The monoisotopic (exact) mass is 302 g/mol. The molecule has 0 atom stereocenters. The molecule has 116 valence electrons. The molecule has 1 aromatic rings. The van der Waals surface area contributed by atoms with Gasteiger partial charge in [0, 0.05) is 23.7 Å². The van der Waals surface area contributed by atoms with Crippen molar-refractivity contribution in [3.05, 3.63) is 41.6 Å². The van der Waals surface area contributed by atoms with Crippen LogP contribution in [0, 0.1) is 0 Å². The number of hydrogen-bond acceptors (Lipinski definition) is 5. The first kappa shape index (κ1) is 15.9. The number of aliphatic hydroxyl groups is 1. The SMILES string of the molecule is CCCC(=O)c1ccc(NC2=CC(=O)N(CCO)C2=O)cc1. The molecule has 1 aliphatic heterocycles. The summed E-state index contributed by atoms with van der Waals surface area (Å²) >= 11 is 0. The van der Waals surface area contributed by atoms with E-state index in [0.717, 1.165) is 11.3 Å². The zero-order valence-corrected chi connectivity index (χ0v) is 12.3. The highest BCUT2D eigenvalue weighted by molar-refractivity contribution is 6.17. The Labute approximate surface area is 128 Å². The standard InChI is InChI=1S/C16H18N2O4/c1-2-3-14(20)11-4-6-12(7-5-11)17-13-10-15(21)18(8-9-19)16(13)22/h4-7,10,17,19H,2-3,8-9H2,1H3. The Morgan fingerprint density at radius 1 is 1.23 bits per heavy atom. The van der Waals surface area contributed by atoms with E-state index < -0.39 is 11.8 Å². The number of anilines is 1. The molecule has 0 saturated heterocycles. The van der Waals surface area contributed by atoms with E-state index >= 15 is 0 Å². The average molecular weight is 302 g/mol. The Hall–Kier alpha value is -2.47. The second kappa shape index (κ2) is 7.00. The van der Waals surface area contributed by atoms with Gasteiger partial charge in [-0.3, -0.25) is 19.3 Å². The molecule has 1 aliphatic rings. The lowest BCUT2D eigenvalue weighted by Gasteiger charge is -2.13. The van der Waals surface area contributed by atoms with Gasteiger partial charge in [-0.05, 0) is 30.7 Å². The third kappa shape index (κ3) is 3.40. The van der Waals surface area contributed by atoms with E-state index in [1.807, 2.05) is 6.92 Å². The van der Waals surface area contributed by atoms with E-state index in [-0.39, 0.29) is 24.6 Å². The molecule has 0 aliphatic carbocycles. The number of aliphatic hydroxyl groups excluding tert-OH is 1. The fourth-order valence-electron chi connectivity index (χ4n) is 2.18. The molecular weight excluding hydrogens is 284 g/mol. The highest BCUT2D eigenvalue weighted by Crippen LogP contribution is 2.18. The first-order valence-corrected chi connectivity index (χ1v) is 7.15. The predicted molar refractivity (Wildman–Crippen MR) is 81.2 cm³/mol. The van der Waals surface area contributed by atoms with E-state index in [0.29, 0.717) is 17.7 Å². The Balaban J connectivity index is 2.06. The Kier molecular flexibility index (Phi) is 5.06. The third-order valence-electron chi connectivity index (χ3n) is 3.30. The Bertz CT molecular complexity index is 620. The maximum absolute atomic E-state index is 12.0. The van der Waals surface area contributed by atoms with Crippen LogP contribution in [0.2, 0.25) is 0 Å². The van der Waals surface area contributed by atoms with Crippen LogP contribution in [0.25, 0.3) is 0 Å². The maximum Gasteiger partial charge on any atom is 0.277 e. The fraction of sp³-hybridized carbons (Fsp3) is 0.312. The number of rotatable bonds is 7. The van der Waals surface area contributed by atoms with Crippen LogP contribution in [0.5, 0.6) is 0 Å². The van der Waals surface area contributed by atoms with Crippen LogP contribution in [0.15, 0.2) is 36.0 Å². The zero-order valence-electron chi connectivity index (χ0n) is 12.3. The van der Waals surface area contributed by atoms with Crippen molar-refractivity contribution in [2.24, 2.45) is 0 Å². The van der Waals surface area contributed by atoms with Crippen molar-refractivity contribution in [2.45, 2.75) is 19.8 Å². The molecule has 6 nitrogen and oxygen atoms in total. The summed E-state index contributed by atoms with van der Waals surface area (Å²) < 4.78 is 0. The molecule has 22 heavy (non-hydrogen) atoms. The third-order valence-corrected chi connectivity index (χ3v) is 3.30. The van der Waals surface area contributed by atoms with E-state index in [4.69, 9.17) is 5.11 Å². The molecule has 2 rings (SSSR count). The lowest BCUT2D eigenvalue weighted by molar-refractivity contribution is -0.137. The summed E-state index contributed by atoms with van der Waals surface area (Å²) in [6.07, 6.45) is 2.50. The van der Waals surface area contributed by atoms with Gasteiger partial charge in [0.2, 0.25) is 0 Å². The first-order chi connectivity index (χ1) is 10.6. The van der Waals surface area contributed by atoms with Gasteiger partial charge in [-0.1, -0.05) is 6.92 Å². The largest absolute Gasteiger partial charge is 0.395 e. The number of imide groups is 1. The van der Waals surface area contributed by atoms with E-state index in [2.05, 4.69) is 5.32 Å². The second-order valence-electron chi connectivity index (χ2n) is 4.95. The van der Waals surface area contributed by atoms with Gasteiger partial charge in [-0.25, -0.2) is 0 Å².